The van der Waals surface area contributed by atoms with Gasteiger partial charge in [-0.1, -0.05) is 44.5 Å². The standard InChI is InChI=1S/C15H23N/c1-15(2)8-4-7-14(10-15)13-6-3-5-12(9-13)11-16/h3,5-6,9,14H,4,7-8,10-11,16H2,1-2H3. The van der Waals surface area contributed by atoms with Crippen molar-refractivity contribution in [3.63, 3.8) is 0 Å². The molecule has 0 heterocycles. The van der Waals surface area contributed by atoms with Crippen LogP contribution in [0.3, 0.4) is 0 Å². The zero-order valence-electron chi connectivity index (χ0n) is 10.5. The van der Waals surface area contributed by atoms with E-state index in [0.29, 0.717) is 12.0 Å². The second kappa shape index (κ2) is 4.58. The molecular weight excluding hydrogens is 194 g/mol. The quantitative estimate of drug-likeness (QED) is 0.800. The molecule has 0 aromatic heterocycles. The Morgan fingerprint density at radius 1 is 1.38 bits per heavy atom. The minimum Gasteiger partial charge on any atom is -0.326 e. The molecule has 16 heavy (non-hydrogen) atoms. The van der Waals surface area contributed by atoms with Crippen molar-refractivity contribution in [2.24, 2.45) is 11.1 Å². The Labute approximate surface area is 99.0 Å². The highest BCUT2D eigenvalue weighted by molar-refractivity contribution is 5.27. The molecule has 1 aliphatic rings. The van der Waals surface area contributed by atoms with Crippen LogP contribution in [0.1, 0.15) is 56.6 Å². The van der Waals surface area contributed by atoms with E-state index >= 15 is 0 Å². The molecule has 0 aliphatic heterocycles. The van der Waals surface area contributed by atoms with Gasteiger partial charge in [0.1, 0.15) is 0 Å². The smallest absolute Gasteiger partial charge is 0.0178 e. The van der Waals surface area contributed by atoms with Crippen LogP contribution in [0, 0.1) is 5.41 Å². The van der Waals surface area contributed by atoms with Crippen LogP contribution >= 0.6 is 0 Å². The van der Waals surface area contributed by atoms with E-state index in [0.717, 1.165) is 5.92 Å². The van der Waals surface area contributed by atoms with Crippen molar-refractivity contribution in [2.75, 3.05) is 0 Å². The van der Waals surface area contributed by atoms with Crippen molar-refractivity contribution in [1.29, 1.82) is 0 Å². The Balaban J connectivity index is 2.16. The predicted octanol–water partition coefficient (Wildman–Crippen LogP) is 3.83. The Hall–Kier alpha value is -0.820. The lowest BCUT2D eigenvalue weighted by Gasteiger charge is -2.35. The molecule has 0 spiro atoms. The highest BCUT2D eigenvalue weighted by Gasteiger charge is 2.28. The summed E-state index contributed by atoms with van der Waals surface area (Å²) in [6, 6.07) is 8.84. The molecule has 1 unspecified atom stereocenters. The number of hydrogen-bond donors (Lipinski definition) is 1. The Morgan fingerprint density at radius 3 is 2.88 bits per heavy atom. The zero-order chi connectivity index (χ0) is 11.6. The number of hydrogen-bond acceptors (Lipinski definition) is 1. The van der Waals surface area contributed by atoms with E-state index in [1.54, 1.807) is 0 Å². The molecule has 1 aromatic carbocycles. The van der Waals surface area contributed by atoms with Crippen molar-refractivity contribution in [2.45, 2.75) is 52.0 Å². The molecule has 1 saturated carbocycles. The normalized spacial score (nSPS) is 24.3. The van der Waals surface area contributed by atoms with Gasteiger partial charge in [-0.15, -0.1) is 0 Å². The van der Waals surface area contributed by atoms with Gasteiger partial charge < -0.3 is 5.73 Å². The van der Waals surface area contributed by atoms with Crippen LogP contribution in [-0.2, 0) is 6.54 Å². The van der Waals surface area contributed by atoms with Crippen LogP contribution < -0.4 is 5.73 Å². The summed E-state index contributed by atoms with van der Waals surface area (Å²) in [7, 11) is 0. The van der Waals surface area contributed by atoms with Crippen molar-refractivity contribution < 1.29 is 0 Å². The lowest BCUT2D eigenvalue weighted by molar-refractivity contribution is 0.219. The highest BCUT2D eigenvalue weighted by atomic mass is 14.5. The zero-order valence-corrected chi connectivity index (χ0v) is 10.5. The van der Waals surface area contributed by atoms with Gasteiger partial charge in [0.15, 0.2) is 0 Å². The SMILES string of the molecule is CC1(C)CCCC(c2cccc(CN)c2)C1. The summed E-state index contributed by atoms with van der Waals surface area (Å²) >= 11 is 0. The predicted molar refractivity (Wildman–Crippen MR) is 69.3 cm³/mol. The van der Waals surface area contributed by atoms with Crippen molar-refractivity contribution >= 4 is 0 Å². The van der Waals surface area contributed by atoms with Gasteiger partial charge in [-0.05, 0) is 41.7 Å². The topological polar surface area (TPSA) is 26.0 Å². The molecular formula is C15H23N. The van der Waals surface area contributed by atoms with Gasteiger partial charge >= 0.3 is 0 Å². The summed E-state index contributed by atoms with van der Waals surface area (Å²) in [6.07, 6.45) is 5.41. The van der Waals surface area contributed by atoms with Crippen LogP contribution in [0.25, 0.3) is 0 Å². The summed E-state index contributed by atoms with van der Waals surface area (Å²) < 4.78 is 0. The van der Waals surface area contributed by atoms with Gasteiger partial charge in [0, 0.05) is 6.54 Å². The molecule has 1 fully saturated rings. The van der Waals surface area contributed by atoms with Crippen molar-refractivity contribution in [3.8, 4) is 0 Å². The van der Waals surface area contributed by atoms with Crippen LogP contribution in [0.5, 0.6) is 0 Å². The molecule has 2 rings (SSSR count). The maximum atomic E-state index is 5.70. The monoisotopic (exact) mass is 217 g/mol. The molecule has 88 valence electrons. The van der Waals surface area contributed by atoms with Gasteiger partial charge in [-0.2, -0.15) is 0 Å². The van der Waals surface area contributed by atoms with Crippen LogP contribution in [0.15, 0.2) is 24.3 Å². The number of benzene rings is 1. The molecule has 1 aromatic rings. The number of nitrogens with two attached hydrogens (primary N) is 1. The first-order chi connectivity index (χ1) is 7.61. The summed E-state index contributed by atoms with van der Waals surface area (Å²) in [5.41, 5.74) is 8.98. The summed E-state index contributed by atoms with van der Waals surface area (Å²) in [5.74, 6) is 0.746. The minimum atomic E-state index is 0.516. The summed E-state index contributed by atoms with van der Waals surface area (Å²) in [5, 5.41) is 0. The summed E-state index contributed by atoms with van der Waals surface area (Å²) in [4.78, 5) is 0. The van der Waals surface area contributed by atoms with E-state index in [1.807, 2.05) is 0 Å². The maximum Gasteiger partial charge on any atom is 0.0178 e. The van der Waals surface area contributed by atoms with E-state index < -0.39 is 0 Å². The Kier molecular flexibility index (Phi) is 3.34. The number of rotatable bonds is 2. The molecule has 0 radical (unpaired) electrons. The molecule has 1 atom stereocenters. The minimum absolute atomic E-state index is 0.516. The molecule has 0 bridgehead atoms. The molecule has 0 amide bonds. The van der Waals surface area contributed by atoms with Crippen LogP contribution in [-0.4, -0.2) is 0 Å². The highest BCUT2D eigenvalue weighted by Crippen LogP contribution is 2.43. The van der Waals surface area contributed by atoms with E-state index in [2.05, 4.69) is 38.1 Å². The molecule has 2 N–H and O–H groups in total. The van der Waals surface area contributed by atoms with E-state index in [-0.39, 0.29) is 0 Å². The molecule has 0 saturated heterocycles. The van der Waals surface area contributed by atoms with E-state index in [1.165, 1.54) is 36.8 Å². The molecule has 1 nitrogen and oxygen atoms in total. The van der Waals surface area contributed by atoms with Gasteiger partial charge in [-0.3, -0.25) is 0 Å². The first-order valence-electron chi connectivity index (χ1n) is 6.40. The van der Waals surface area contributed by atoms with E-state index in [9.17, 15) is 0 Å². The first kappa shape index (κ1) is 11.7. The summed E-state index contributed by atoms with van der Waals surface area (Å²) in [6.45, 7) is 5.45. The lowest BCUT2D eigenvalue weighted by Crippen LogP contribution is -2.21. The molecule has 1 aliphatic carbocycles. The second-order valence-electron chi connectivity index (χ2n) is 5.91. The lowest BCUT2D eigenvalue weighted by atomic mass is 9.70. The fourth-order valence-corrected chi connectivity index (χ4v) is 2.96. The third-order valence-corrected chi connectivity index (χ3v) is 3.86. The Bertz CT molecular complexity index is 354. The average Bonchev–Trinajstić information content (AvgIpc) is 2.28. The van der Waals surface area contributed by atoms with Gasteiger partial charge in [0.2, 0.25) is 0 Å². The van der Waals surface area contributed by atoms with Crippen molar-refractivity contribution in [1.82, 2.24) is 0 Å². The van der Waals surface area contributed by atoms with Crippen LogP contribution in [0.2, 0.25) is 0 Å². The molecule has 1 heteroatoms. The fraction of sp³-hybridized carbons (Fsp3) is 0.600. The maximum absolute atomic E-state index is 5.70. The average molecular weight is 217 g/mol. The largest absolute Gasteiger partial charge is 0.326 e. The third kappa shape index (κ3) is 2.65. The second-order valence-corrected chi connectivity index (χ2v) is 5.91. The van der Waals surface area contributed by atoms with Crippen LogP contribution in [0.4, 0.5) is 0 Å². The first-order valence-corrected chi connectivity index (χ1v) is 6.40. The van der Waals surface area contributed by atoms with Gasteiger partial charge in [0.05, 0.1) is 0 Å². The Morgan fingerprint density at radius 2 is 2.19 bits per heavy atom. The third-order valence-electron chi connectivity index (χ3n) is 3.86. The van der Waals surface area contributed by atoms with Gasteiger partial charge in [-0.25, -0.2) is 0 Å². The van der Waals surface area contributed by atoms with E-state index in [4.69, 9.17) is 5.73 Å². The fourth-order valence-electron chi connectivity index (χ4n) is 2.96. The van der Waals surface area contributed by atoms with Crippen molar-refractivity contribution in [3.05, 3.63) is 35.4 Å². The van der Waals surface area contributed by atoms with Gasteiger partial charge in [0.25, 0.3) is 0 Å².